The minimum Gasteiger partial charge on any atom is -0.394 e. The first-order chi connectivity index (χ1) is 30.5. The van der Waals surface area contributed by atoms with Gasteiger partial charge in [-0.1, -0.05) is 275 Å². The normalized spacial score (nSPS) is 13.6. The summed E-state index contributed by atoms with van der Waals surface area (Å²) >= 11 is 0. The highest BCUT2D eigenvalue weighted by Crippen LogP contribution is 2.17. The highest BCUT2D eigenvalue weighted by molar-refractivity contribution is 5.76. The lowest BCUT2D eigenvalue weighted by molar-refractivity contribution is -0.124. The summed E-state index contributed by atoms with van der Waals surface area (Å²) in [5.74, 6) is -0.313. The van der Waals surface area contributed by atoms with Crippen molar-refractivity contribution in [2.75, 3.05) is 6.61 Å². The molecule has 0 rings (SSSR count). The Morgan fingerprint density at radius 1 is 0.419 bits per heavy atom. The Labute approximate surface area is 387 Å². The zero-order valence-electron chi connectivity index (χ0n) is 41.8. The molecular weight excluding hydrogens is 763 g/mol. The highest BCUT2D eigenvalue weighted by Gasteiger charge is 2.20. The number of carbonyl (C=O) groups is 1. The summed E-state index contributed by atoms with van der Waals surface area (Å²) in [5.41, 5.74) is 0. The zero-order valence-corrected chi connectivity index (χ0v) is 41.8. The van der Waals surface area contributed by atoms with Gasteiger partial charge < -0.3 is 20.6 Å². The van der Waals surface area contributed by atoms with Crippen LogP contribution >= 0.6 is 0 Å². The summed E-state index contributed by atoms with van der Waals surface area (Å²) in [6.07, 6.45) is 67.7. The number of amides is 1. The Bertz CT molecular complexity index is 962. The van der Waals surface area contributed by atoms with Crippen LogP contribution in [-0.4, -0.2) is 46.1 Å². The van der Waals surface area contributed by atoms with Gasteiger partial charge in [-0.05, 0) is 51.4 Å². The van der Waals surface area contributed by atoms with Crippen molar-refractivity contribution in [2.45, 2.75) is 315 Å². The van der Waals surface area contributed by atoms with Crippen molar-refractivity contribution in [1.29, 1.82) is 0 Å². The standard InChI is InChI=1S/C57H109NO4/c1-3-5-7-9-11-13-15-17-19-20-21-22-23-24-25-26-27-28-29-30-31-32-33-34-35-36-37-38-40-42-44-46-48-50-54(60)52-57(62)58-55(53-59)56(61)51-49-47-45-43-41-39-18-16-14-12-10-8-6-4-2/h23-24,26-27,49,51,54-56,59-61H,3-22,25,28-48,50,52-53H2,1-2H3,(H,58,62)/b24-23-,27-26-,51-49+. The molecule has 0 aromatic carbocycles. The molecule has 3 unspecified atom stereocenters. The highest BCUT2D eigenvalue weighted by atomic mass is 16.3. The molecule has 4 N–H and O–H groups in total. The van der Waals surface area contributed by atoms with E-state index >= 15 is 0 Å². The molecule has 366 valence electrons. The number of allylic oxidation sites excluding steroid dienone is 5. The minimum absolute atomic E-state index is 0.0151. The fourth-order valence-corrected chi connectivity index (χ4v) is 8.67. The summed E-state index contributed by atoms with van der Waals surface area (Å²) in [6.45, 7) is 4.23. The molecule has 0 bridgehead atoms. The number of rotatable bonds is 51. The third-order valence-electron chi connectivity index (χ3n) is 12.9. The van der Waals surface area contributed by atoms with E-state index in [1.165, 1.54) is 238 Å². The Hall–Kier alpha value is -1.43. The molecular formula is C57H109NO4. The molecule has 5 heteroatoms. The lowest BCUT2D eigenvalue weighted by atomic mass is 10.0. The minimum atomic E-state index is -0.928. The number of nitrogens with one attached hydrogen (secondary N) is 1. The van der Waals surface area contributed by atoms with Crippen LogP contribution in [0.25, 0.3) is 0 Å². The van der Waals surface area contributed by atoms with Gasteiger partial charge in [0.1, 0.15) is 0 Å². The monoisotopic (exact) mass is 872 g/mol. The van der Waals surface area contributed by atoms with Gasteiger partial charge in [0.05, 0.1) is 31.3 Å². The molecule has 0 aromatic heterocycles. The van der Waals surface area contributed by atoms with Crippen molar-refractivity contribution in [2.24, 2.45) is 0 Å². The summed E-state index contributed by atoms with van der Waals surface area (Å²) in [7, 11) is 0. The van der Waals surface area contributed by atoms with Crippen LogP contribution in [0.1, 0.15) is 296 Å². The number of aliphatic hydroxyl groups excluding tert-OH is 3. The maximum absolute atomic E-state index is 12.5. The van der Waals surface area contributed by atoms with Crippen LogP contribution in [0.15, 0.2) is 36.5 Å². The second kappa shape index (κ2) is 52.2. The van der Waals surface area contributed by atoms with Crippen LogP contribution in [0.5, 0.6) is 0 Å². The third kappa shape index (κ3) is 48.0. The van der Waals surface area contributed by atoms with Crippen LogP contribution < -0.4 is 5.32 Å². The molecule has 0 aliphatic heterocycles. The van der Waals surface area contributed by atoms with Crippen LogP contribution in [0.3, 0.4) is 0 Å². The van der Waals surface area contributed by atoms with Crippen LogP contribution in [0.2, 0.25) is 0 Å². The molecule has 62 heavy (non-hydrogen) atoms. The van der Waals surface area contributed by atoms with Gasteiger partial charge in [-0.2, -0.15) is 0 Å². The first-order valence-electron chi connectivity index (χ1n) is 27.8. The van der Waals surface area contributed by atoms with Gasteiger partial charge in [0.15, 0.2) is 0 Å². The molecule has 0 heterocycles. The maximum atomic E-state index is 12.5. The SMILES string of the molecule is CCCCCCCCCCCCC/C=C\C/C=C\CCCCCCCCCCCCCCCCCC(O)CC(=O)NC(CO)C(O)/C=C/CCCCCCCCCCCCCC. The van der Waals surface area contributed by atoms with Crippen molar-refractivity contribution in [3.05, 3.63) is 36.5 Å². The fourth-order valence-electron chi connectivity index (χ4n) is 8.67. The van der Waals surface area contributed by atoms with Gasteiger partial charge >= 0.3 is 0 Å². The molecule has 1 amide bonds. The Morgan fingerprint density at radius 2 is 0.726 bits per heavy atom. The van der Waals surface area contributed by atoms with Gasteiger partial charge in [-0.15, -0.1) is 0 Å². The second-order valence-electron chi connectivity index (χ2n) is 19.2. The van der Waals surface area contributed by atoms with Crippen molar-refractivity contribution in [1.82, 2.24) is 5.32 Å². The summed E-state index contributed by atoms with van der Waals surface area (Å²) in [4.78, 5) is 12.5. The van der Waals surface area contributed by atoms with E-state index in [1.807, 2.05) is 6.08 Å². The van der Waals surface area contributed by atoms with Crippen molar-refractivity contribution < 1.29 is 20.1 Å². The van der Waals surface area contributed by atoms with Crippen LogP contribution in [0.4, 0.5) is 0 Å². The van der Waals surface area contributed by atoms with E-state index in [9.17, 15) is 20.1 Å². The van der Waals surface area contributed by atoms with Gasteiger partial charge in [-0.25, -0.2) is 0 Å². The molecule has 0 fully saturated rings. The first-order valence-corrected chi connectivity index (χ1v) is 27.8. The predicted octanol–water partition coefficient (Wildman–Crippen LogP) is 17.1. The zero-order chi connectivity index (χ0) is 45.1. The van der Waals surface area contributed by atoms with E-state index in [0.29, 0.717) is 6.42 Å². The smallest absolute Gasteiger partial charge is 0.222 e. The average molecular weight is 873 g/mol. The molecule has 0 aliphatic rings. The molecule has 3 atom stereocenters. The quantitative estimate of drug-likeness (QED) is 0.0362. The summed E-state index contributed by atoms with van der Waals surface area (Å²) in [5, 5.41) is 33.4. The average Bonchev–Trinajstić information content (AvgIpc) is 3.27. The largest absolute Gasteiger partial charge is 0.394 e. The van der Waals surface area contributed by atoms with Crippen molar-refractivity contribution >= 4 is 5.91 Å². The summed E-state index contributed by atoms with van der Waals surface area (Å²) < 4.78 is 0. The van der Waals surface area contributed by atoms with Crippen LogP contribution in [-0.2, 0) is 4.79 Å². The van der Waals surface area contributed by atoms with Gasteiger partial charge in [0.25, 0.3) is 0 Å². The van der Waals surface area contributed by atoms with E-state index in [-0.39, 0.29) is 18.9 Å². The molecule has 0 aliphatic carbocycles. The van der Waals surface area contributed by atoms with E-state index < -0.39 is 18.2 Å². The lowest BCUT2D eigenvalue weighted by Gasteiger charge is -2.21. The number of aliphatic hydroxyl groups is 3. The Kier molecular flexibility index (Phi) is 51.0. The predicted molar refractivity (Wildman–Crippen MR) is 273 cm³/mol. The first kappa shape index (κ1) is 60.6. The Balaban J connectivity index is 3.52. The third-order valence-corrected chi connectivity index (χ3v) is 12.9. The number of hydrogen-bond donors (Lipinski definition) is 4. The molecule has 5 nitrogen and oxygen atoms in total. The maximum Gasteiger partial charge on any atom is 0.222 e. The summed E-state index contributed by atoms with van der Waals surface area (Å²) in [6, 6.07) is -0.743. The van der Waals surface area contributed by atoms with Crippen molar-refractivity contribution in [3.63, 3.8) is 0 Å². The van der Waals surface area contributed by atoms with Crippen LogP contribution in [0, 0.1) is 0 Å². The fraction of sp³-hybridized carbons (Fsp3) is 0.877. The van der Waals surface area contributed by atoms with E-state index in [4.69, 9.17) is 0 Å². The molecule has 0 saturated heterocycles. The number of hydrogen-bond acceptors (Lipinski definition) is 4. The molecule has 0 aromatic rings. The number of unbranched alkanes of at least 4 members (excludes halogenated alkanes) is 38. The second-order valence-corrected chi connectivity index (χ2v) is 19.2. The molecule has 0 saturated carbocycles. The van der Waals surface area contributed by atoms with E-state index in [0.717, 1.165) is 32.1 Å². The van der Waals surface area contributed by atoms with E-state index in [2.05, 4.69) is 43.5 Å². The Morgan fingerprint density at radius 3 is 1.06 bits per heavy atom. The van der Waals surface area contributed by atoms with Gasteiger partial charge in [-0.3, -0.25) is 4.79 Å². The van der Waals surface area contributed by atoms with E-state index in [1.54, 1.807) is 6.08 Å². The topological polar surface area (TPSA) is 89.8 Å². The number of carbonyl (C=O) groups excluding carboxylic acids is 1. The lowest BCUT2D eigenvalue weighted by Crippen LogP contribution is -2.45. The van der Waals surface area contributed by atoms with Gasteiger partial charge in [0.2, 0.25) is 5.91 Å². The molecule has 0 spiro atoms. The van der Waals surface area contributed by atoms with Crippen molar-refractivity contribution in [3.8, 4) is 0 Å². The van der Waals surface area contributed by atoms with Gasteiger partial charge in [0, 0.05) is 0 Å². The molecule has 0 radical (unpaired) electrons.